The predicted molar refractivity (Wildman–Crippen MR) is 129 cm³/mol. The topological polar surface area (TPSA) is 167 Å². The Bertz CT molecular complexity index is 963. The second-order valence-electron chi connectivity index (χ2n) is 9.01. The number of carbonyl (C=O) groups is 3. The van der Waals surface area contributed by atoms with E-state index < -0.39 is 54.0 Å². The summed E-state index contributed by atoms with van der Waals surface area (Å²) < 4.78 is 32.3. The molecule has 13 heteroatoms. The summed E-state index contributed by atoms with van der Waals surface area (Å²) in [7, 11) is 4.03. The first kappa shape index (κ1) is 29.8. The Balaban J connectivity index is 2.16. The summed E-state index contributed by atoms with van der Waals surface area (Å²) in [6.45, 7) is 3.52. The molecule has 0 aliphatic carbocycles. The highest BCUT2D eigenvalue weighted by Crippen LogP contribution is 2.26. The molecule has 2 rings (SSSR count). The molecule has 4 unspecified atom stereocenters. The van der Waals surface area contributed by atoms with Crippen molar-refractivity contribution in [1.82, 2.24) is 5.32 Å². The summed E-state index contributed by atoms with van der Waals surface area (Å²) in [6.07, 6.45) is -2.09. The number of ether oxygens (including phenoxy) is 6. The van der Waals surface area contributed by atoms with Crippen molar-refractivity contribution in [3.8, 4) is 5.75 Å². The van der Waals surface area contributed by atoms with Crippen LogP contribution in [0.5, 0.6) is 5.75 Å². The van der Waals surface area contributed by atoms with E-state index in [2.05, 4.69) is 20.1 Å². The minimum absolute atomic E-state index is 0.00968. The number of azide groups is 1. The summed E-state index contributed by atoms with van der Waals surface area (Å²) in [5, 5.41) is 6.54. The van der Waals surface area contributed by atoms with Gasteiger partial charge in [0.05, 0.1) is 77.5 Å². The molecular formula is C24H34N4O9. The second-order valence-corrected chi connectivity index (χ2v) is 9.01. The quantitative estimate of drug-likeness (QED) is 0.134. The third kappa shape index (κ3) is 8.90. The van der Waals surface area contributed by atoms with Crippen LogP contribution in [0.1, 0.15) is 25.8 Å². The first-order valence-electron chi connectivity index (χ1n) is 11.6. The van der Waals surface area contributed by atoms with E-state index in [-0.39, 0.29) is 26.4 Å². The van der Waals surface area contributed by atoms with Crippen molar-refractivity contribution in [2.75, 3.05) is 41.2 Å². The Hall–Kier alpha value is -3.38. The van der Waals surface area contributed by atoms with Gasteiger partial charge >= 0.3 is 11.9 Å². The van der Waals surface area contributed by atoms with Crippen LogP contribution in [0, 0.1) is 5.41 Å². The number of amides is 1. The van der Waals surface area contributed by atoms with E-state index in [1.807, 2.05) is 24.3 Å². The van der Waals surface area contributed by atoms with Crippen molar-refractivity contribution in [2.45, 2.75) is 51.2 Å². The third-order valence-corrected chi connectivity index (χ3v) is 5.75. The smallest absolute Gasteiger partial charge is 0.315 e. The molecule has 0 spiro atoms. The zero-order valence-corrected chi connectivity index (χ0v) is 21.7. The number of carbonyl (C=O) groups excluding carboxylic acids is 3. The molecule has 13 nitrogen and oxygen atoms in total. The van der Waals surface area contributed by atoms with Gasteiger partial charge in [0.15, 0.2) is 0 Å². The molecule has 204 valence electrons. The molecule has 0 saturated carbocycles. The van der Waals surface area contributed by atoms with Crippen molar-refractivity contribution < 1.29 is 42.8 Å². The molecular weight excluding hydrogens is 488 g/mol. The maximum absolute atomic E-state index is 12.4. The summed E-state index contributed by atoms with van der Waals surface area (Å²) in [5.41, 5.74) is 9.13. The van der Waals surface area contributed by atoms with E-state index in [0.717, 1.165) is 11.3 Å². The van der Waals surface area contributed by atoms with Gasteiger partial charge in [-0.1, -0.05) is 17.2 Å². The number of benzene rings is 1. The van der Waals surface area contributed by atoms with Gasteiger partial charge in [0.1, 0.15) is 12.2 Å². The lowest BCUT2D eigenvalue weighted by atomic mass is 9.93. The second kappa shape index (κ2) is 14.4. The van der Waals surface area contributed by atoms with Crippen molar-refractivity contribution in [3.05, 3.63) is 40.3 Å². The highest BCUT2D eigenvalue weighted by Gasteiger charge is 2.43. The lowest BCUT2D eigenvalue weighted by Gasteiger charge is -2.41. The normalized spacial score (nSPS) is 21.3. The van der Waals surface area contributed by atoms with Gasteiger partial charge in [-0.25, -0.2) is 0 Å². The van der Waals surface area contributed by atoms with Crippen LogP contribution in [0.2, 0.25) is 0 Å². The molecule has 1 N–H and O–H groups in total. The van der Waals surface area contributed by atoms with Crippen LogP contribution in [0.15, 0.2) is 29.4 Å². The Morgan fingerprint density at radius 3 is 2.46 bits per heavy atom. The fraction of sp³-hybridized carbons (Fsp3) is 0.625. The van der Waals surface area contributed by atoms with E-state index in [4.69, 9.17) is 23.7 Å². The Morgan fingerprint density at radius 2 is 1.86 bits per heavy atom. The molecule has 1 aliphatic rings. The fourth-order valence-electron chi connectivity index (χ4n) is 3.67. The van der Waals surface area contributed by atoms with Crippen molar-refractivity contribution >= 4 is 17.8 Å². The Labute approximate surface area is 215 Å². The van der Waals surface area contributed by atoms with Crippen LogP contribution >= 0.6 is 0 Å². The van der Waals surface area contributed by atoms with Crippen LogP contribution < -0.4 is 10.1 Å². The molecule has 1 heterocycles. The highest BCUT2D eigenvalue weighted by atomic mass is 16.6. The maximum Gasteiger partial charge on any atom is 0.315 e. The molecule has 1 amide bonds. The molecule has 0 bridgehead atoms. The van der Waals surface area contributed by atoms with Crippen LogP contribution in [0.25, 0.3) is 10.4 Å². The average molecular weight is 523 g/mol. The maximum atomic E-state index is 12.4. The molecule has 1 aromatic carbocycles. The largest absolute Gasteiger partial charge is 0.497 e. The highest BCUT2D eigenvalue weighted by molar-refractivity contribution is 5.94. The number of hydrogen-bond acceptors (Lipinski definition) is 10. The first-order valence-corrected chi connectivity index (χ1v) is 11.6. The number of esters is 2. The summed E-state index contributed by atoms with van der Waals surface area (Å²) in [5.74, 6) is -1.10. The summed E-state index contributed by atoms with van der Waals surface area (Å²) in [4.78, 5) is 39.0. The van der Waals surface area contributed by atoms with E-state index in [9.17, 15) is 19.9 Å². The fourth-order valence-corrected chi connectivity index (χ4v) is 3.67. The van der Waals surface area contributed by atoms with Crippen LogP contribution in [0.4, 0.5) is 0 Å². The van der Waals surface area contributed by atoms with Gasteiger partial charge in [-0.2, -0.15) is 0 Å². The van der Waals surface area contributed by atoms with Gasteiger partial charge in [-0.05, 0) is 37.1 Å². The number of nitrogens with zero attached hydrogens (tertiary/aromatic N) is 3. The number of methoxy groups -OCH3 is 3. The standard InChI is InChI=1S/C24H34N4O9/c1-24(2,23(31)34-5)14-37-22-17(26-19(29)10-20(30)33-4)12-36-18(21(22)27-28-25)13-35-11-15-6-8-16(32-3)9-7-15/h6-9,17-18,21-22H,10-14H2,1-5H3,(H,26,29). The lowest BCUT2D eigenvalue weighted by Crippen LogP contribution is -2.61. The number of nitrogens with one attached hydrogen (secondary N) is 1. The lowest BCUT2D eigenvalue weighted by molar-refractivity contribution is -0.165. The molecule has 4 atom stereocenters. The molecule has 0 aromatic heterocycles. The van der Waals surface area contributed by atoms with Crippen molar-refractivity contribution in [2.24, 2.45) is 10.5 Å². The number of rotatable bonds is 13. The van der Waals surface area contributed by atoms with Gasteiger partial charge in [-0.3, -0.25) is 14.4 Å². The zero-order chi connectivity index (χ0) is 27.4. The van der Waals surface area contributed by atoms with Gasteiger partial charge < -0.3 is 33.7 Å². The average Bonchev–Trinajstić information content (AvgIpc) is 2.89. The Kier molecular flexibility index (Phi) is 11.6. The first-order chi connectivity index (χ1) is 17.6. The van der Waals surface area contributed by atoms with Crippen LogP contribution in [-0.2, 0) is 44.7 Å². The zero-order valence-electron chi connectivity index (χ0n) is 21.7. The molecule has 1 aromatic rings. The Morgan fingerprint density at radius 1 is 1.16 bits per heavy atom. The van der Waals surface area contributed by atoms with Gasteiger partial charge in [0.2, 0.25) is 5.91 Å². The molecule has 1 aliphatic heterocycles. The van der Waals surface area contributed by atoms with Crippen molar-refractivity contribution in [3.63, 3.8) is 0 Å². The summed E-state index contributed by atoms with van der Waals surface area (Å²) >= 11 is 0. The molecule has 1 saturated heterocycles. The molecule has 1 fully saturated rings. The van der Waals surface area contributed by atoms with Gasteiger partial charge in [-0.15, -0.1) is 0 Å². The SMILES string of the molecule is COC(=O)CC(=O)NC1COC(COCc2ccc(OC)cc2)C(N=[N+]=[N-])C1OCC(C)(C)C(=O)OC. The minimum atomic E-state index is -1.02. The minimum Gasteiger partial charge on any atom is -0.497 e. The van der Waals surface area contributed by atoms with E-state index in [0.29, 0.717) is 0 Å². The van der Waals surface area contributed by atoms with Crippen LogP contribution in [-0.4, -0.2) is 83.3 Å². The van der Waals surface area contributed by atoms with Gasteiger partial charge in [0, 0.05) is 4.91 Å². The van der Waals surface area contributed by atoms with Gasteiger partial charge in [0.25, 0.3) is 0 Å². The van der Waals surface area contributed by atoms with E-state index in [1.54, 1.807) is 21.0 Å². The monoisotopic (exact) mass is 522 g/mol. The van der Waals surface area contributed by atoms with Crippen molar-refractivity contribution in [1.29, 1.82) is 0 Å². The summed E-state index contributed by atoms with van der Waals surface area (Å²) in [6, 6.07) is 5.66. The molecule has 0 radical (unpaired) electrons. The predicted octanol–water partition coefficient (Wildman–Crippen LogP) is 1.92. The van der Waals surface area contributed by atoms with E-state index in [1.165, 1.54) is 14.2 Å². The van der Waals surface area contributed by atoms with E-state index >= 15 is 0 Å². The van der Waals surface area contributed by atoms with Crippen LogP contribution in [0.3, 0.4) is 0 Å². The number of hydrogen-bond donors (Lipinski definition) is 1. The third-order valence-electron chi connectivity index (χ3n) is 5.75. The molecule has 37 heavy (non-hydrogen) atoms.